The first-order chi connectivity index (χ1) is 8.02. The summed E-state index contributed by atoms with van der Waals surface area (Å²) in [7, 11) is 0. The Morgan fingerprint density at radius 2 is 2.12 bits per heavy atom. The summed E-state index contributed by atoms with van der Waals surface area (Å²) >= 11 is 0. The fourth-order valence-corrected chi connectivity index (χ4v) is 1.38. The average Bonchev–Trinajstić information content (AvgIpc) is 2.28. The van der Waals surface area contributed by atoms with E-state index in [9.17, 15) is 4.79 Å². The van der Waals surface area contributed by atoms with E-state index in [0.717, 1.165) is 0 Å². The van der Waals surface area contributed by atoms with Crippen molar-refractivity contribution in [2.45, 2.75) is 33.0 Å². The lowest BCUT2D eigenvalue weighted by Gasteiger charge is -2.15. The number of hydrogen-bond donors (Lipinski definition) is 1. The maximum absolute atomic E-state index is 11.7. The Morgan fingerprint density at radius 1 is 1.41 bits per heavy atom. The molecule has 1 amide bonds. The number of carbonyl (C=O) groups is 1. The van der Waals surface area contributed by atoms with Gasteiger partial charge in [0.25, 0.3) is 5.91 Å². The molecule has 0 heterocycles. The molecule has 1 atom stereocenters. The molecule has 0 aromatic heterocycles. The molecule has 0 saturated heterocycles. The van der Waals surface area contributed by atoms with Crippen molar-refractivity contribution in [3.63, 3.8) is 0 Å². The molecule has 90 valence electrons. The van der Waals surface area contributed by atoms with Gasteiger partial charge in [-0.1, -0.05) is 6.07 Å². The van der Waals surface area contributed by atoms with Gasteiger partial charge in [-0.2, -0.15) is 5.26 Å². The van der Waals surface area contributed by atoms with Crippen molar-refractivity contribution in [1.82, 2.24) is 0 Å². The summed E-state index contributed by atoms with van der Waals surface area (Å²) < 4.78 is 5.36. The Labute approximate surface area is 101 Å². The number of rotatable bonds is 4. The van der Waals surface area contributed by atoms with Gasteiger partial charge < -0.3 is 10.1 Å². The van der Waals surface area contributed by atoms with Gasteiger partial charge in [0.05, 0.1) is 17.7 Å². The molecule has 0 aliphatic heterocycles. The van der Waals surface area contributed by atoms with Crippen molar-refractivity contribution in [2.75, 3.05) is 5.32 Å². The van der Waals surface area contributed by atoms with Crippen molar-refractivity contribution in [3.05, 3.63) is 29.8 Å². The largest absolute Gasteiger partial charge is 0.366 e. The molecule has 0 spiro atoms. The topological polar surface area (TPSA) is 62.1 Å². The number of benzene rings is 1. The zero-order chi connectivity index (χ0) is 12.8. The van der Waals surface area contributed by atoms with Crippen LogP contribution in [0.1, 0.15) is 26.3 Å². The van der Waals surface area contributed by atoms with Gasteiger partial charge in [0.15, 0.2) is 0 Å². The van der Waals surface area contributed by atoms with E-state index >= 15 is 0 Å². The minimum absolute atomic E-state index is 0.00110. The van der Waals surface area contributed by atoms with Crippen molar-refractivity contribution in [2.24, 2.45) is 0 Å². The lowest BCUT2D eigenvalue weighted by molar-refractivity contribution is -0.128. The maximum Gasteiger partial charge on any atom is 0.253 e. The van der Waals surface area contributed by atoms with E-state index in [0.29, 0.717) is 11.3 Å². The van der Waals surface area contributed by atoms with E-state index in [-0.39, 0.29) is 12.0 Å². The minimum atomic E-state index is -0.513. The Morgan fingerprint density at radius 3 is 2.71 bits per heavy atom. The maximum atomic E-state index is 11.7. The Kier molecular flexibility index (Phi) is 4.68. The van der Waals surface area contributed by atoms with E-state index in [4.69, 9.17) is 10.00 Å². The van der Waals surface area contributed by atoms with Crippen molar-refractivity contribution in [1.29, 1.82) is 5.26 Å². The third kappa shape index (κ3) is 4.25. The molecule has 0 fully saturated rings. The zero-order valence-corrected chi connectivity index (χ0v) is 10.2. The summed E-state index contributed by atoms with van der Waals surface area (Å²) in [5.41, 5.74) is 1.12. The van der Waals surface area contributed by atoms with Gasteiger partial charge in [0.2, 0.25) is 0 Å². The Balaban J connectivity index is 2.65. The molecule has 4 heteroatoms. The van der Waals surface area contributed by atoms with E-state index in [1.807, 2.05) is 19.9 Å². The molecule has 0 aliphatic carbocycles. The summed E-state index contributed by atoms with van der Waals surface area (Å²) in [6.07, 6.45) is -0.512. The van der Waals surface area contributed by atoms with Crippen LogP contribution in [0.3, 0.4) is 0 Å². The molecule has 17 heavy (non-hydrogen) atoms. The van der Waals surface area contributed by atoms with Gasteiger partial charge >= 0.3 is 0 Å². The van der Waals surface area contributed by atoms with E-state index in [2.05, 4.69) is 5.32 Å². The number of nitrogens with one attached hydrogen (secondary N) is 1. The fraction of sp³-hybridized carbons (Fsp3) is 0.385. The van der Waals surface area contributed by atoms with Gasteiger partial charge in [0, 0.05) is 5.69 Å². The van der Waals surface area contributed by atoms with Crippen molar-refractivity contribution < 1.29 is 9.53 Å². The van der Waals surface area contributed by atoms with E-state index in [1.165, 1.54) is 0 Å². The number of carbonyl (C=O) groups excluding carboxylic acids is 1. The zero-order valence-electron chi connectivity index (χ0n) is 10.2. The van der Waals surface area contributed by atoms with Gasteiger partial charge in [-0.05, 0) is 39.0 Å². The number of hydrogen-bond acceptors (Lipinski definition) is 3. The molecule has 0 saturated carbocycles. The highest BCUT2D eigenvalue weighted by atomic mass is 16.5. The molecule has 1 unspecified atom stereocenters. The molecule has 0 bridgehead atoms. The van der Waals surface area contributed by atoms with Crippen LogP contribution < -0.4 is 5.32 Å². The first kappa shape index (κ1) is 13.2. The van der Waals surface area contributed by atoms with Crippen LogP contribution in [0.5, 0.6) is 0 Å². The second kappa shape index (κ2) is 6.02. The summed E-state index contributed by atoms with van der Waals surface area (Å²) in [5, 5.41) is 11.4. The first-order valence-electron chi connectivity index (χ1n) is 5.49. The lowest BCUT2D eigenvalue weighted by atomic mass is 10.2. The summed E-state index contributed by atoms with van der Waals surface area (Å²) in [5.74, 6) is -0.214. The second-order valence-corrected chi connectivity index (χ2v) is 4.01. The van der Waals surface area contributed by atoms with Crippen molar-refractivity contribution in [3.8, 4) is 6.07 Å². The van der Waals surface area contributed by atoms with E-state index in [1.54, 1.807) is 31.2 Å². The predicted molar refractivity (Wildman–Crippen MR) is 65.5 cm³/mol. The smallest absolute Gasteiger partial charge is 0.253 e. The van der Waals surface area contributed by atoms with Crippen molar-refractivity contribution >= 4 is 11.6 Å². The monoisotopic (exact) mass is 232 g/mol. The van der Waals surface area contributed by atoms with Crippen LogP contribution in [0.4, 0.5) is 5.69 Å². The van der Waals surface area contributed by atoms with Crippen LogP contribution in [-0.4, -0.2) is 18.1 Å². The first-order valence-corrected chi connectivity index (χ1v) is 5.49. The molecule has 0 aliphatic rings. The molecule has 1 rings (SSSR count). The highest BCUT2D eigenvalue weighted by molar-refractivity contribution is 5.94. The van der Waals surface area contributed by atoms with Crippen LogP contribution in [0.25, 0.3) is 0 Å². The summed E-state index contributed by atoms with van der Waals surface area (Å²) in [6.45, 7) is 5.45. The van der Waals surface area contributed by atoms with E-state index < -0.39 is 6.10 Å². The number of nitrogens with zero attached hydrogens (tertiary/aromatic N) is 1. The molecular formula is C13H16N2O2. The fourth-order valence-electron chi connectivity index (χ4n) is 1.38. The third-order valence-electron chi connectivity index (χ3n) is 2.10. The van der Waals surface area contributed by atoms with Crippen LogP contribution in [0, 0.1) is 11.3 Å². The highest BCUT2D eigenvalue weighted by Gasteiger charge is 2.14. The second-order valence-electron chi connectivity index (χ2n) is 4.01. The van der Waals surface area contributed by atoms with Crippen LogP contribution in [0.15, 0.2) is 24.3 Å². The standard InChI is InChI=1S/C13H16N2O2/c1-9(2)17-10(3)13(16)15-12-6-4-5-11(7-12)8-14/h4-7,9-10H,1-3H3,(H,15,16). The molecule has 1 aromatic carbocycles. The molecular weight excluding hydrogens is 216 g/mol. The highest BCUT2D eigenvalue weighted by Crippen LogP contribution is 2.11. The molecule has 1 N–H and O–H groups in total. The minimum Gasteiger partial charge on any atom is -0.366 e. The summed E-state index contributed by atoms with van der Waals surface area (Å²) in [6, 6.07) is 8.79. The molecule has 1 aromatic rings. The van der Waals surface area contributed by atoms with Crippen LogP contribution in [-0.2, 0) is 9.53 Å². The summed E-state index contributed by atoms with van der Waals surface area (Å²) in [4.78, 5) is 11.7. The number of amides is 1. The lowest BCUT2D eigenvalue weighted by Crippen LogP contribution is -2.29. The van der Waals surface area contributed by atoms with Gasteiger partial charge in [-0.15, -0.1) is 0 Å². The number of anilines is 1. The Hall–Kier alpha value is -1.86. The predicted octanol–water partition coefficient (Wildman–Crippen LogP) is 2.31. The van der Waals surface area contributed by atoms with Gasteiger partial charge in [-0.3, -0.25) is 4.79 Å². The number of nitriles is 1. The molecule has 4 nitrogen and oxygen atoms in total. The normalized spacial score (nSPS) is 11.9. The number of ether oxygens (including phenoxy) is 1. The SMILES string of the molecule is CC(C)OC(C)C(=O)Nc1cccc(C#N)c1. The van der Waals surface area contributed by atoms with Crippen LogP contribution >= 0.6 is 0 Å². The van der Waals surface area contributed by atoms with Gasteiger partial charge in [0.1, 0.15) is 6.10 Å². The Bertz CT molecular complexity index is 435. The van der Waals surface area contributed by atoms with Crippen LogP contribution in [0.2, 0.25) is 0 Å². The third-order valence-corrected chi connectivity index (χ3v) is 2.10. The van der Waals surface area contributed by atoms with Gasteiger partial charge in [-0.25, -0.2) is 0 Å². The average molecular weight is 232 g/mol. The quantitative estimate of drug-likeness (QED) is 0.866. The molecule has 0 radical (unpaired) electrons.